The molecule has 110 valence electrons. The molecule has 0 aliphatic carbocycles. The maximum atomic E-state index is 12.9. The van der Waals surface area contributed by atoms with Crippen molar-refractivity contribution in [3.05, 3.63) is 33.8 Å². The number of carbonyl (C=O) groups is 2. The number of benzene rings is 1. The number of rotatable bonds is 4. The monoisotopic (exact) mass is 352 g/mol. The van der Waals surface area contributed by atoms with Crippen molar-refractivity contribution in [2.45, 2.75) is 13.1 Å². The van der Waals surface area contributed by atoms with E-state index in [1.54, 1.807) is 6.92 Å². The lowest BCUT2D eigenvalue weighted by Gasteiger charge is -2.21. The average Bonchev–Trinajstić information content (AvgIpc) is 2.33. The van der Waals surface area contributed by atoms with E-state index < -0.39 is 35.7 Å². The van der Waals surface area contributed by atoms with Crippen molar-refractivity contribution < 1.29 is 22.8 Å². The fourth-order valence-corrected chi connectivity index (χ4v) is 1.98. The van der Waals surface area contributed by atoms with Gasteiger partial charge < -0.3 is 10.6 Å². The van der Waals surface area contributed by atoms with Crippen LogP contribution in [0.1, 0.15) is 22.8 Å². The third-order valence-electron chi connectivity index (χ3n) is 2.53. The van der Waals surface area contributed by atoms with Gasteiger partial charge in [-0.1, -0.05) is 15.9 Å². The second-order valence-electron chi connectivity index (χ2n) is 3.97. The molecule has 0 atom stereocenters. The highest BCUT2D eigenvalue weighted by Gasteiger charge is 2.36. The van der Waals surface area contributed by atoms with Crippen molar-refractivity contribution in [3.8, 4) is 0 Å². The van der Waals surface area contributed by atoms with Gasteiger partial charge in [-0.15, -0.1) is 0 Å². The fraction of sp³-hybridized carbons (Fsp3) is 0.333. The van der Waals surface area contributed by atoms with E-state index in [1.165, 1.54) is 6.07 Å². The molecule has 8 heteroatoms. The van der Waals surface area contributed by atoms with Crippen LogP contribution in [0.2, 0.25) is 0 Å². The average molecular weight is 353 g/mol. The Morgan fingerprint density at radius 3 is 2.40 bits per heavy atom. The summed E-state index contributed by atoms with van der Waals surface area (Å²) in [4.78, 5) is 23.9. The van der Waals surface area contributed by atoms with Crippen molar-refractivity contribution in [3.63, 3.8) is 0 Å². The fourth-order valence-electron chi connectivity index (χ4n) is 1.62. The molecule has 20 heavy (non-hydrogen) atoms. The number of amides is 2. The van der Waals surface area contributed by atoms with E-state index in [0.29, 0.717) is 0 Å². The molecule has 0 saturated carbocycles. The van der Waals surface area contributed by atoms with Crippen molar-refractivity contribution >= 4 is 27.7 Å². The van der Waals surface area contributed by atoms with Crippen LogP contribution >= 0.6 is 15.9 Å². The van der Waals surface area contributed by atoms with Gasteiger partial charge in [0.05, 0.1) is 17.7 Å². The smallest absolute Gasteiger partial charge is 0.368 e. The third-order valence-corrected chi connectivity index (χ3v) is 3.03. The molecule has 0 radical (unpaired) electrons. The molecule has 0 spiro atoms. The van der Waals surface area contributed by atoms with Crippen LogP contribution < -0.4 is 5.73 Å². The molecule has 1 rings (SSSR count). The Bertz CT molecular complexity index is 532. The molecule has 4 nitrogen and oxygen atoms in total. The first kappa shape index (κ1) is 16.5. The number of hydrogen-bond acceptors (Lipinski definition) is 2. The second-order valence-corrected chi connectivity index (χ2v) is 4.89. The lowest BCUT2D eigenvalue weighted by molar-refractivity contribution is -0.138. The first-order valence-electron chi connectivity index (χ1n) is 5.61. The molecular formula is C12H12BrF3N2O2. The Morgan fingerprint density at radius 2 is 1.95 bits per heavy atom. The van der Waals surface area contributed by atoms with Gasteiger partial charge in [0.2, 0.25) is 5.91 Å². The lowest BCUT2D eigenvalue weighted by Crippen LogP contribution is -2.39. The van der Waals surface area contributed by atoms with E-state index in [2.05, 4.69) is 15.9 Å². The van der Waals surface area contributed by atoms with Crippen LogP contribution in [-0.2, 0) is 11.0 Å². The molecule has 0 unspecified atom stereocenters. The van der Waals surface area contributed by atoms with Gasteiger partial charge in [-0.2, -0.15) is 13.2 Å². The summed E-state index contributed by atoms with van der Waals surface area (Å²) in [6.45, 7) is 1.20. The van der Waals surface area contributed by atoms with Gasteiger partial charge >= 0.3 is 6.18 Å². The summed E-state index contributed by atoms with van der Waals surface area (Å²) in [5.41, 5.74) is 3.40. The molecule has 2 amide bonds. The van der Waals surface area contributed by atoms with E-state index in [1.807, 2.05) is 0 Å². The highest BCUT2D eigenvalue weighted by atomic mass is 79.9. The summed E-state index contributed by atoms with van der Waals surface area (Å²) >= 11 is 2.93. The molecule has 0 saturated heterocycles. The highest BCUT2D eigenvalue weighted by molar-refractivity contribution is 9.10. The maximum absolute atomic E-state index is 12.9. The van der Waals surface area contributed by atoms with Gasteiger partial charge in [0.15, 0.2) is 0 Å². The Hall–Kier alpha value is -1.57. The van der Waals surface area contributed by atoms with Gasteiger partial charge in [0, 0.05) is 11.0 Å². The summed E-state index contributed by atoms with van der Waals surface area (Å²) in [6.07, 6.45) is -4.67. The molecular weight excluding hydrogens is 341 g/mol. The van der Waals surface area contributed by atoms with Crippen molar-refractivity contribution in [1.82, 2.24) is 4.90 Å². The van der Waals surface area contributed by atoms with Gasteiger partial charge in [0.1, 0.15) is 0 Å². The largest absolute Gasteiger partial charge is 0.417 e. The summed E-state index contributed by atoms with van der Waals surface area (Å²) in [6, 6.07) is 3.23. The molecule has 0 heterocycles. The number of halogens is 4. The summed E-state index contributed by atoms with van der Waals surface area (Å²) < 4.78 is 39.0. The molecule has 0 fully saturated rings. The number of likely N-dealkylation sites (N-methyl/N-ethyl adjacent to an activating group) is 1. The Kier molecular flexibility index (Phi) is 5.15. The highest BCUT2D eigenvalue weighted by Crippen LogP contribution is 2.34. The van der Waals surface area contributed by atoms with Crippen molar-refractivity contribution in [2.75, 3.05) is 13.1 Å². The number of alkyl halides is 3. The maximum Gasteiger partial charge on any atom is 0.417 e. The van der Waals surface area contributed by atoms with Crippen molar-refractivity contribution in [2.24, 2.45) is 5.73 Å². The number of primary amides is 1. The SMILES string of the molecule is CCN(CC(N)=O)C(=O)c1ccc(Br)cc1C(F)(F)F. The number of nitrogens with zero attached hydrogens (tertiary/aromatic N) is 1. The number of carbonyl (C=O) groups excluding carboxylic acids is 2. The normalized spacial score (nSPS) is 11.2. The Morgan fingerprint density at radius 1 is 1.35 bits per heavy atom. The predicted molar refractivity (Wildman–Crippen MR) is 69.9 cm³/mol. The minimum absolute atomic E-state index is 0.0785. The molecule has 2 N–H and O–H groups in total. The van der Waals surface area contributed by atoms with Crippen LogP contribution in [0, 0.1) is 0 Å². The van der Waals surface area contributed by atoms with Gasteiger partial charge in [-0.3, -0.25) is 9.59 Å². The molecule has 1 aromatic carbocycles. The first-order valence-corrected chi connectivity index (χ1v) is 6.40. The van der Waals surface area contributed by atoms with Crippen LogP contribution in [0.3, 0.4) is 0 Å². The lowest BCUT2D eigenvalue weighted by atomic mass is 10.1. The number of hydrogen-bond donors (Lipinski definition) is 1. The van der Waals surface area contributed by atoms with E-state index in [4.69, 9.17) is 5.73 Å². The molecule has 1 aromatic rings. The van der Waals surface area contributed by atoms with Crippen LogP contribution in [0.25, 0.3) is 0 Å². The minimum atomic E-state index is -4.67. The quantitative estimate of drug-likeness (QED) is 0.904. The van der Waals surface area contributed by atoms with Crippen LogP contribution in [0.15, 0.2) is 22.7 Å². The zero-order valence-electron chi connectivity index (χ0n) is 10.5. The second kappa shape index (κ2) is 6.25. The zero-order chi connectivity index (χ0) is 15.5. The van der Waals surface area contributed by atoms with Crippen LogP contribution in [-0.4, -0.2) is 29.8 Å². The number of nitrogens with two attached hydrogens (primary N) is 1. The predicted octanol–water partition coefficient (Wildman–Crippen LogP) is 2.42. The third kappa shape index (κ3) is 3.96. The van der Waals surface area contributed by atoms with Crippen LogP contribution in [0.5, 0.6) is 0 Å². The van der Waals surface area contributed by atoms with Crippen molar-refractivity contribution in [1.29, 1.82) is 0 Å². The summed E-state index contributed by atoms with van der Waals surface area (Å²) in [5, 5.41) is 0. The first-order chi connectivity index (χ1) is 9.16. The van der Waals surface area contributed by atoms with E-state index >= 15 is 0 Å². The Balaban J connectivity index is 3.24. The van der Waals surface area contributed by atoms with Gasteiger partial charge in [-0.05, 0) is 25.1 Å². The molecule has 0 aromatic heterocycles. The summed E-state index contributed by atoms with van der Waals surface area (Å²) in [7, 11) is 0. The van der Waals surface area contributed by atoms with Crippen LogP contribution in [0.4, 0.5) is 13.2 Å². The van der Waals surface area contributed by atoms with E-state index in [-0.39, 0.29) is 11.0 Å². The summed E-state index contributed by atoms with van der Waals surface area (Å²) in [5.74, 6) is -1.67. The van der Waals surface area contributed by atoms with E-state index in [0.717, 1.165) is 17.0 Å². The van der Waals surface area contributed by atoms with Gasteiger partial charge in [-0.25, -0.2) is 0 Å². The molecule has 0 aliphatic rings. The molecule has 0 bridgehead atoms. The zero-order valence-corrected chi connectivity index (χ0v) is 12.1. The molecule has 0 aliphatic heterocycles. The standard InChI is InChI=1S/C12H12BrF3N2O2/c1-2-18(6-10(17)19)11(20)8-4-3-7(13)5-9(8)12(14,15)16/h3-5H,2,6H2,1H3,(H2,17,19). The Labute approximate surface area is 121 Å². The topological polar surface area (TPSA) is 63.4 Å². The van der Waals surface area contributed by atoms with Gasteiger partial charge in [0.25, 0.3) is 5.91 Å². The minimum Gasteiger partial charge on any atom is -0.368 e. The van der Waals surface area contributed by atoms with E-state index in [9.17, 15) is 22.8 Å².